The third-order valence-corrected chi connectivity index (χ3v) is 4.31. The standard InChI is InChI=1S/C20H21N5O3/c1-14-19(15(2)25(23-14)12-16-8-4-3-5-9-16)20(28)22-21-17(26)13-24-11-7-6-10-18(24)27/h3-11H,12-13H2,1-2H3,(H,21,26)(H,22,28). The fourth-order valence-electron chi connectivity index (χ4n) is 2.91. The minimum absolute atomic E-state index is 0.189. The lowest BCUT2D eigenvalue weighted by Gasteiger charge is -2.09. The Bertz CT molecular complexity index is 1050. The predicted octanol–water partition coefficient (Wildman–Crippen LogP) is 1.17. The molecular weight excluding hydrogens is 358 g/mol. The molecular formula is C20H21N5O3. The van der Waals surface area contributed by atoms with Gasteiger partial charge in [0, 0.05) is 18.0 Å². The van der Waals surface area contributed by atoms with Gasteiger partial charge in [-0.05, 0) is 25.5 Å². The van der Waals surface area contributed by atoms with E-state index in [0.717, 1.165) is 5.56 Å². The van der Waals surface area contributed by atoms with Gasteiger partial charge in [-0.2, -0.15) is 5.10 Å². The van der Waals surface area contributed by atoms with E-state index in [9.17, 15) is 14.4 Å². The third-order valence-electron chi connectivity index (χ3n) is 4.31. The van der Waals surface area contributed by atoms with Crippen LogP contribution in [0.1, 0.15) is 27.3 Å². The van der Waals surface area contributed by atoms with Crippen molar-refractivity contribution in [3.8, 4) is 0 Å². The molecule has 2 amide bonds. The molecule has 0 aliphatic rings. The molecule has 0 saturated heterocycles. The first-order valence-corrected chi connectivity index (χ1v) is 8.78. The maximum Gasteiger partial charge on any atom is 0.273 e. The smallest absolute Gasteiger partial charge is 0.273 e. The Kier molecular flexibility index (Phi) is 5.69. The number of carbonyl (C=O) groups excluding carboxylic acids is 2. The highest BCUT2D eigenvalue weighted by atomic mass is 16.2. The molecule has 2 aromatic heterocycles. The van der Waals surface area contributed by atoms with E-state index in [1.54, 1.807) is 23.7 Å². The number of benzene rings is 1. The maximum atomic E-state index is 12.5. The van der Waals surface area contributed by atoms with E-state index in [1.807, 2.05) is 37.3 Å². The zero-order chi connectivity index (χ0) is 20.1. The lowest BCUT2D eigenvalue weighted by molar-refractivity contribution is -0.122. The molecule has 3 aromatic rings. The number of aryl methyl sites for hydroxylation is 1. The normalized spacial score (nSPS) is 10.5. The number of rotatable bonds is 5. The van der Waals surface area contributed by atoms with E-state index in [0.29, 0.717) is 23.5 Å². The molecule has 8 nitrogen and oxygen atoms in total. The monoisotopic (exact) mass is 379 g/mol. The molecule has 0 saturated carbocycles. The van der Waals surface area contributed by atoms with Crippen LogP contribution in [0.5, 0.6) is 0 Å². The second kappa shape index (κ2) is 8.34. The van der Waals surface area contributed by atoms with E-state index in [1.165, 1.54) is 16.8 Å². The molecule has 0 fully saturated rings. The SMILES string of the molecule is Cc1nn(Cc2ccccc2)c(C)c1C(=O)NNC(=O)Cn1ccccc1=O. The summed E-state index contributed by atoms with van der Waals surface area (Å²) in [4.78, 5) is 36.2. The van der Waals surface area contributed by atoms with Crippen LogP contribution in [0.15, 0.2) is 59.5 Å². The average molecular weight is 379 g/mol. The number of hydrogen-bond donors (Lipinski definition) is 2. The van der Waals surface area contributed by atoms with Crippen molar-refractivity contribution in [1.29, 1.82) is 0 Å². The van der Waals surface area contributed by atoms with Gasteiger partial charge in [0.25, 0.3) is 17.4 Å². The fourth-order valence-corrected chi connectivity index (χ4v) is 2.91. The minimum Gasteiger partial charge on any atom is -0.306 e. The lowest BCUT2D eigenvalue weighted by Crippen LogP contribution is -2.44. The van der Waals surface area contributed by atoms with Crippen molar-refractivity contribution in [3.05, 3.63) is 87.6 Å². The van der Waals surface area contributed by atoms with Crippen LogP contribution in [0.25, 0.3) is 0 Å². The van der Waals surface area contributed by atoms with Gasteiger partial charge in [-0.25, -0.2) is 0 Å². The van der Waals surface area contributed by atoms with Crippen LogP contribution in [0.4, 0.5) is 0 Å². The summed E-state index contributed by atoms with van der Waals surface area (Å²) in [5.41, 5.74) is 7.18. The Morgan fingerprint density at radius 3 is 2.43 bits per heavy atom. The van der Waals surface area contributed by atoms with Crippen molar-refractivity contribution in [2.75, 3.05) is 0 Å². The molecule has 144 valence electrons. The van der Waals surface area contributed by atoms with Gasteiger partial charge in [-0.1, -0.05) is 36.4 Å². The van der Waals surface area contributed by atoms with Crippen molar-refractivity contribution < 1.29 is 9.59 Å². The van der Waals surface area contributed by atoms with Gasteiger partial charge in [0.2, 0.25) is 0 Å². The van der Waals surface area contributed by atoms with E-state index < -0.39 is 11.8 Å². The van der Waals surface area contributed by atoms with Gasteiger partial charge in [0.05, 0.1) is 17.8 Å². The number of carbonyl (C=O) groups is 2. The minimum atomic E-state index is -0.506. The van der Waals surface area contributed by atoms with E-state index >= 15 is 0 Å². The van der Waals surface area contributed by atoms with E-state index in [-0.39, 0.29) is 12.1 Å². The van der Waals surface area contributed by atoms with Gasteiger partial charge in [0.15, 0.2) is 0 Å². The highest BCUT2D eigenvalue weighted by molar-refractivity contribution is 5.97. The van der Waals surface area contributed by atoms with Gasteiger partial charge < -0.3 is 4.57 Å². The van der Waals surface area contributed by atoms with Gasteiger partial charge >= 0.3 is 0 Å². The number of amides is 2. The van der Waals surface area contributed by atoms with Crippen molar-refractivity contribution in [2.24, 2.45) is 0 Å². The van der Waals surface area contributed by atoms with Crippen LogP contribution < -0.4 is 16.4 Å². The first kappa shape index (κ1) is 19.1. The molecule has 0 unspecified atom stereocenters. The van der Waals surface area contributed by atoms with Crippen molar-refractivity contribution in [1.82, 2.24) is 25.2 Å². The molecule has 0 bridgehead atoms. The van der Waals surface area contributed by atoms with Crippen molar-refractivity contribution in [2.45, 2.75) is 26.9 Å². The average Bonchev–Trinajstić information content (AvgIpc) is 2.96. The van der Waals surface area contributed by atoms with Crippen molar-refractivity contribution >= 4 is 11.8 Å². The quantitative estimate of drug-likeness (QED) is 0.650. The Balaban J connectivity index is 1.65. The largest absolute Gasteiger partial charge is 0.306 e. The number of nitrogens with zero attached hydrogens (tertiary/aromatic N) is 3. The first-order chi connectivity index (χ1) is 13.5. The molecule has 2 heterocycles. The van der Waals surface area contributed by atoms with Gasteiger partial charge in [0.1, 0.15) is 6.54 Å². The van der Waals surface area contributed by atoms with Crippen LogP contribution in [0, 0.1) is 13.8 Å². The summed E-state index contributed by atoms with van der Waals surface area (Å²) in [5, 5.41) is 4.43. The molecule has 3 rings (SSSR count). The Morgan fingerprint density at radius 1 is 1.00 bits per heavy atom. The lowest BCUT2D eigenvalue weighted by atomic mass is 10.2. The summed E-state index contributed by atoms with van der Waals surface area (Å²) in [6.45, 7) is 3.91. The summed E-state index contributed by atoms with van der Waals surface area (Å²) in [5.74, 6) is -0.961. The topological polar surface area (TPSA) is 98.0 Å². The highest BCUT2D eigenvalue weighted by Gasteiger charge is 2.19. The van der Waals surface area contributed by atoms with E-state index in [4.69, 9.17) is 0 Å². The van der Waals surface area contributed by atoms with Crippen LogP contribution >= 0.6 is 0 Å². The number of aromatic nitrogens is 3. The zero-order valence-corrected chi connectivity index (χ0v) is 15.7. The second-order valence-electron chi connectivity index (χ2n) is 6.36. The Hall–Kier alpha value is -3.68. The zero-order valence-electron chi connectivity index (χ0n) is 15.7. The van der Waals surface area contributed by atoms with Crippen molar-refractivity contribution in [3.63, 3.8) is 0 Å². The first-order valence-electron chi connectivity index (χ1n) is 8.78. The second-order valence-corrected chi connectivity index (χ2v) is 6.36. The predicted molar refractivity (Wildman–Crippen MR) is 104 cm³/mol. The third kappa shape index (κ3) is 4.35. The summed E-state index contributed by atoms with van der Waals surface area (Å²) in [6.07, 6.45) is 1.51. The summed E-state index contributed by atoms with van der Waals surface area (Å²) < 4.78 is 3.00. The molecule has 8 heteroatoms. The molecule has 0 atom stereocenters. The summed E-state index contributed by atoms with van der Waals surface area (Å²) in [7, 11) is 0. The van der Waals surface area contributed by atoms with Crippen LogP contribution in [0.3, 0.4) is 0 Å². The van der Waals surface area contributed by atoms with Crippen LogP contribution in [0.2, 0.25) is 0 Å². The Labute approximate surface area is 161 Å². The molecule has 0 aliphatic carbocycles. The molecule has 28 heavy (non-hydrogen) atoms. The number of hydrogen-bond acceptors (Lipinski definition) is 4. The number of nitrogens with one attached hydrogen (secondary N) is 2. The Morgan fingerprint density at radius 2 is 1.71 bits per heavy atom. The molecule has 2 N–H and O–H groups in total. The maximum absolute atomic E-state index is 12.5. The van der Waals surface area contributed by atoms with E-state index in [2.05, 4.69) is 16.0 Å². The summed E-state index contributed by atoms with van der Waals surface area (Å²) in [6, 6.07) is 14.4. The van der Waals surface area contributed by atoms with Crippen LogP contribution in [-0.2, 0) is 17.9 Å². The van der Waals surface area contributed by atoms with Gasteiger partial charge in [-0.15, -0.1) is 0 Å². The number of pyridine rings is 1. The highest BCUT2D eigenvalue weighted by Crippen LogP contribution is 2.14. The van der Waals surface area contributed by atoms with Gasteiger partial charge in [-0.3, -0.25) is 29.9 Å². The van der Waals surface area contributed by atoms with Crippen LogP contribution in [-0.4, -0.2) is 26.2 Å². The molecule has 0 aliphatic heterocycles. The molecule has 0 spiro atoms. The summed E-state index contributed by atoms with van der Waals surface area (Å²) >= 11 is 0. The fraction of sp³-hybridized carbons (Fsp3) is 0.200. The number of hydrazine groups is 1. The molecule has 1 aromatic carbocycles. The molecule has 0 radical (unpaired) electrons.